The fourth-order valence-electron chi connectivity index (χ4n) is 0.496. The first-order valence-corrected chi connectivity index (χ1v) is 3.24. The number of esters is 1. The van der Waals surface area contributed by atoms with Gasteiger partial charge in [-0.15, -0.1) is 6.58 Å². The van der Waals surface area contributed by atoms with Crippen molar-refractivity contribution in [3.63, 3.8) is 0 Å². The van der Waals surface area contributed by atoms with Crippen LogP contribution in [-0.4, -0.2) is 18.6 Å². The molecule has 2 N–H and O–H groups in total. The van der Waals surface area contributed by atoms with Crippen molar-refractivity contribution in [1.29, 1.82) is 0 Å². The minimum atomic E-state index is -0.279. The highest BCUT2D eigenvalue weighted by atomic mass is 16.5. The van der Waals surface area contributed by atoms with Crippen molar-refractivity contribution in [3.05, 3.63) is 12.7 Å². The summed E-state index contributed by atoms with van der Waals surface area (Å²) in [5.74, 6) is -0.269. The van der Waals surface area contributed by atoms with E-state index in [1.54, 1.807) is 6.92 Å². The molecule has 3 heteroatoms. The monoisotopic (exact) mass is 143 g/mol. The summed E-state index contributed by atoms with van der Waals surface area (Å²) >= 11 is 0. The lowest BCUT2D eigenvalue weighted by atomic mass is 10.2. The van der Waals surface area contributed by atoms with Gasteiger partial charge in [0.1, 0.15) is 0 Å². The van der Waals surface area contributed by atoms with E-state index in [0.29, 0.717) is 6.61 Å². The molecule has 3 nitrogen and oxygen atoms in total. The minimum absolute atomic E-state index is 0.220. The first-order valence-electron chi connectivity index (χ1n) is 3.24. The fourth-order valence-corrected chi connectivity index (χ4v) is 0.496. The highest BCUT2D eigenvalue weighted by Gasteiger charge is 2.05. The summed E-state index contributed by atoms with van der Waals surface area (Å²) in [6.07, 6.45) is 1.74. The van der Waals surface area contributed by atoms with E-state index >= 15 is 0 Å². The molecular weight excluding hydrogens is 130 g/mol. The molecule has 0 bridgehead atoms. The molecule has 0 unspecified atom stereocenters. The van der Waals surface area contributed by atoms with Gasteiger partial charge in [-0.2, -0.15) is 0 Å². The number of carbonyl (C=O) groups is 1. The predicted molar refractivity (Wildman–Crippen MR) is 39.4 cm³/mol. The SMILES string of the molecule is C=C[C@@H](N)CC(=O)OCC. The van der Waals surface area contributed by atoms with Gasteiger partial charge in [-0.25, -0.2) is 0 Å². The number of carbonyl (C=O) groups excluding carboxylic acids is 1. The van der Waals surface area contributed by atoms with E-state index in [2.05, 4.69) is 11.3 Å². The standard InChI is InChI=1S/C7H13NO2/c1-3-6(8)5-7(9)10-4-2/h3,6H,1,4-5,8H2,2H3/t6-/m1/s1. The lowest BCUT2D eigenvalue weighted by Crippen LogP contribution is -2.22. The lowest BCUT2D eigenvalue weighted by Gasteiger charge is -2.03. The minimum Gasteiger partial charge on any atom is -0.466 e. The Bertz CT molecular complexity index is 123. The molecule has 0 aliphatic heterocycles. The van der Waals surface area contributed by atoms with Gasteiger partial charge < -0.3 is 10.5 Å². The van der Waals surface area contributed by atoms with Crippen molar-refractivity contribution >= 4 is 5.97 Å². The molecule has 0 fully saturated rings. The van der Waals surface area contributed by atoms with Crippen LogP contribution in [0.25, 0.3) is 0 Å². The third-order valence-electron chi connectivity index (χ3n) is 1.01. The van der Waals surface area contributed by atoms with E-state index in [1.165, 1.54) is 6.08 Å². The summed E-state index contributed by atoms with van der Waals surface area (Å²) in [6.45, 7) is 5.61. The van der Waals surface area contributed by atoms with E-state index in [-0.39, 0.29) is 18.4 Å². The van der Waals surface area contributed by atoms with Crippen LogP contribution in [-0.2, 0) is 9.53 Å². The number of hydrogen-bond donors (Lipinski definition) is 1. The van der Waals surface area contributed by atoms with Gasteiger partial charge in [0.15, 0.2) is 0 Å². The maximum Gasteiger partial charge on any atom is 0.307 e. The summed E-state index contributed by atoms with van der Waals surface area (Å²) in [5, 5.41) is 0. The van der Waals surface area contributed by atoms with Gasteiger partial charge in [-0.3, -0.25) is 4.79 Å². The van der Waals surface area contributed by atoms with Crippen LogP contribution >= 0.6 is 0 Å². The molecule has 10 heavy (non-hydrogen) atoms. The quantitative estimate of drug-likeness (QED) is 0.459. The third-order valence-corrected chi connectivity index (χ3v) is 1.01. The van der Waals surface area contributed by atoms with Crippen LogP contribution in [0.3, 0.4) is 0 Å². The van der Waals surface area contributed by atoms with Crippen LogP contribution in [0.2, 0.25) is 0 Å². The Morgan fingerprint density at radius 3 is 2.90 bits per heavy atom. The molecule has 0 aromatic carbocycles. The Kier molecular flexibility index (Phi) is 4.58. The summed E-state index contributed by atoms with van der Waals surface area (Å²) in [6, 6.07) is -0.279. The zero-order valence-corrected chi connectivity index (χ0v) is 6.17. The molecule has 0 aliphatic rings. The normalized spacial score (nSPS) is 12.2. The molecule has 0 saturated heterocycles. The Morgan fingerprint density at radius 2 is 2.50 bits per heavy atom. The molecule has 58 valence electrons. The van der Waals surface area contributed by atoms with Crippen molar-refractivity contribution < 1.29 is 9.53 Å². The van der Waals surface area contributed by atoms with Crippen molar-refractivity contribution in [1.82, 2.24) is 0 Å². The van der Waals surface area contributed by atoms with Crippen LogP contribution < -0.4 is 5.73 Å². The van der Waals surface area contributed by atoms with Crippen LogP contribution in [0.5, 0.6) is 0 Å². The largest absolute Gasteiger partial charge is 0.466 e. The lowest BCUT2D eigenvalue weighted by molar-refractivity contribution is -0.143. The second-order valence-electron chi connectivity index (χ2n) is 1.91. The summed E-state index contributed by atoms with van der Waals surface area (Å²) in [4.78, 5) is 10.7. The van der Waals surface area contributed by atoms with Crippen molar-refractivity contribution in [2.45, 2.75) is 19.4 Å². The van der Waals surface area contributed by atoms with Gasteiger partial charge in [-0.05, 0) is 6.92 Å². The van der Waals surface area contributed by atoms with E-state index in [9.17, 15) is 4.79 Å². The van der Waals surface area contributed by atoms with Gasteiger partial charge in [0.2, 0.25) is 0 Å². The molecule has 0 radical (unpaired) electrons. The van der Waals surface area contributed by atoms with Crippen LogP contribution in [0.4, 0.5) is 0 Å². The van der Waals surface area contributed by atoms with Crippen LogP contribution in [0.15, 0.2) is 12.7 Å². The molecule has 0 spiro atoms. The van der Waals surface area contributed by atoms with Crippen molar-refractivity contribution in [3.8, 4) is 0 Å². The summed E-state index contributed by atoms with van der Waals surface area (Å²) in [7, 11) is 0. The molecule has 0 aliphatic carbocycles. The van der Waals surface area contributed by atoms with Gasteiger partial charge in [0.05, 0.1) is 13.0 Å². The Hall–Kier alpha value is -0.830. The van der Waals surface area contributed by atoms with Crippen LogP contribution in [0, 0.1) is 0 Å². The summed E-state index contributed by atoms with van der Waals surface area (Å²) in [5.41, 5.74) is 5.39. The highest BCUT2D eigenvalue weighted by molar-refractivity contribution is 5.70. The third kappa shape index (κ3) is 4.09. The topological polar surface area (TPSA) is 52.3 Å². The average Bonchev–Trinajstić information content (AvgIpc) is 1.88. The molecule has 1 atom stereocenters. The zero-order valence-electron chi connectivity index (χ0n) is 6.17. The highest BCUT2D eigenvalue weighted by Crippen LogP contribution is 1.91. The van der Waals surface area contributed by atoms with Gasteiger partial charge in [-0.1, -0.05) is 6.08 Å². The zero-order chi connectivity index (χ0) is 7.98. The number of nitrogens with two attached hydrogens (primary N) is 1. The average molecular weight is 143 g/mol. The van der Waals surface area contributed by atoms with E-state index in [4.69, 9.17) is 5.73 Å². The Balaban J connectivity index is 3.46. The van der Waals surface area contributed by atoms with E-state index in [0.717, 1.165) is 0 Å². The molecule has 0 saturated carbocycles. The summed E-state index contributed by atoms with van der Waals surface area (Å²) < 4.78 is 4.65. The number of ether oxygens (including phenoxy) is 1. The van der Waals surface area contributed by atoms with E-state index in [1.807, 2.05) is 0 Å². The maximum atomic E-state index is 10.7. The Morgan fingerprint density at radius 1 is 1.90 bits per heavy atom. The van der Waals surface area contributed by atoms with Gasteiger partial charge in [0, 0.05) is 6.04 Å². The second-order valence-corrected chi connectivity index (χ2v) is 1.91. The van der Waals surface area contributed by atoms with E-state index < -0.39 is 0 Å². The molecule has 0 aromatic heterocycles. The number of hydrogen-bond acceptors (Lipinski definition) is 3. The van der Waals surface area contributed by atoms with Crippen molar-refractivity contribution in [2.75, 3.05) is 6.61 Å². The molecule has 0 heterocycles. The van der Waals surface area contributed by atoms with Gasteiger partial charge >= 0.3 is 5.97 Å². The fraction of sp³-hybridized carbons (Fsp3) is 0.571. The number of rotatable bonds is 4. The molecule has 0 rings (SSSR count). The van der Waals surface area contributed by atoms with Crippen LogP contribution in [0.1, 0.15) is 13.3 Å². The second kappa shape index (κ2) is 4.99. The Labute approximate surface area is 60.9 Å². The van der Waals surface area contributed by atoms with Gasteiger partial charge in [0.25, 0.3) is 0 Å². The molecule has 0 amide bonds. The smallest absolute Gasteiger partial charge is 0.307 e. The maximum absolute atomic E-state index is 10.7. The molecule has 0 aromatic rings. The van der Waals surface area contributed by atoms with Crippen molar-refractivity contribution in [2.24, 2.45) is 5.73 Å². The first kappa shape index (κ1) is 9.17. The first-order chi connectivity index (χ1) is 4.70. The molecular formula is C7H13NO2. The predicted octanol–water partition coefficient (Wildman–Crippen LogP) is 0.453.